The fourth-order valence-corrected chi connectivity index (χ4v) is 0.386. The minimum atomic E-state index is -0.246. The van der Waals surface area contributed by atoms with Crippen LogP contribution in [0, 0.1) is 6.92 Å². The van der Waals surface area contributed by atoms with Gasteiger partial charge >= 0.3 is 5.97 Å². The molecule has 0 N–H and O–H groups in total. The van der Waals surface area contributed by atoms with E-state index in [4.69, 9.17) is 0 Å². The first kappa shape index (κ1) is 7.95. The van der Waals surface area contributed by atoms with Crippen LogP contribution in [0.3, 0.4) is 0 Å². The maximum absolute atomic E-state index is 10.3. The molecule has 0 aromatic rings. The highest BCUT2D eigenvalue weighted by Gasteiger charge is 1.93. The number of carbonyl (C=O) groups is 1. The quantitative estimate of drug-likeness (QED) is 0.481. The van der Waals surface area contributed by atoms with E-state index >= 15 is 0 Å². The van der Waals surface area contributed by atoms with Gasteiger partial charge in [0, 0.05) is 11.8 Å². The van der Waals surface area contributed by atoms with E-state index in [9.17, 15) is 4.79 Å². The van der Waals surface area contributed by atoms with E-state index in [0.717, 1.165) is 0 Å². The van der Waals surface area contributed by atoms with Gasteiger partial charge in [0.1, 0.15) is 6.61 Å². The maximum Gasteiger partial charge on any atom is 0.305 e. The van der Waals surface area contributed by atoms with Crippen molar-refractivity contribution < 1.29 is 9.53 Å². The van der Waals surface area contributed by atoms with Gasteiger partial charge in [-0.15, -0.1) is 0 Å². The Morgan fingerprint density at radius 2 is 2.38 bits per heavy atom. The van der Waals surface area contributed by atoms with Crippen LogP contribution in [0.4, 0.5) is 0 Å². The maximum atomic E-state index is 10.3. The Kier molecular flexibility index (Phi) is 5.06. The number of alkyl halides is 1. The lowest BCUT2D eigenvalue weighted by atomic mass is 10.5. The number of esters is 1. The molecule has 0 unspecified atom stereocenters. The fraction of sp³-hybridized carbons (Fsp3) is 0.600. The predicted molar refractivity (Wildman–Crippen MR) is 34.7 cm³/mol. The van der Waals surface area contributed by atoms with E-state index in [-0.39, 0.29) is 12.4 Å². The van der Waals surface area contributed by atoms with Gasteiger partial charge < -0.3 is 4.74 Å². The summed E-state index contributed by atoms with van der Waals surface area (Å²) in [5.41, 5.74) is 0. The van der Waals surface area contributed by atoms with E-state index in [2.05, 4.69) is 27.6 Å². The summed E-state index contributed by atoms with van der Waals surface area (Å²) < 4.78 is 4.59. The number of hydrogen-bond donors (Lipinski definition) is 0. The Hall–Kier alpha value is -0.0500. The summed E-state index contributed by atoms with van der Waals surface area (Å²) in [7, 11) is 0. The summed E-state index contributed by atoms with van der Waals surface area (Å²) in [6.07, 6.45) is 0.215. The zero-order valence-corrected chi connectivity index (χ0v) is 6.11. The van der Waals surface area contributed by atoms with Crippen LogP contribution in [0.2, 0.25) is 0 Å². The number of hydrogen-bond acceptors (Lipinski definition) is 2. The Balaban J connectivity index is 2.99. The van der Waals surface area contributed by atoms with Crippen LogP contribution in [-0.2, 0) is 9.53 Å². The topological polar surface area (TPSA) is 26.3 Å². The van der Waals surface area contributed by atoms with Gasteiger partial charge in [-0.1, -0.05) is 15.9 Å². The molecule has 0 aromatic heterocycles. The Bertz CT molecular complexity index is 72.8. The second-order valence-corrected chi connectivity index (χ2v) is 1.95. The first-order valence-corrected chi connectivity index (χ1v) is 3.44. The largest absolute Gasteiger partial charge is 0.465 e. The highest BCUT2D eigenvalue weighted by atomic mass is 79.9. The van der Waals surface area contributed by atoms with Crippen LogP contribution in [-0.4, -0.2) is 17.9 Å². The molecule has 1 radical (unpaired) electrons. The zero-order chi connectivity index (χ0) is 6.41. The number of carbonyl (C=O) groups excluding carboxylic acids is 1. The SMILES string of the molecule is [CH2]CC(=O)OCCBr. The Labute approximate surface area is 57.3 Å². The third-order valence-corrected chi connectivity index (χ3v) is 0.868. The predicted octanol–water partition coefficient (Wildman–Crippen LogP) is 1.15. The average Bonchev–Trinajstić information content (AvgIpc) is 1.83. The molecule has 47 valence electrons. The highest BCUT2D eigenvalue weighted by molar-refractivity contribution is 9.09. The standard InChI is InChI=1S/C5H8BrO2/c1-2-5(7)8-4-3-6/h1-4H2. The molecule has 0 spiro atoms. The van der Waals surface area contributed by atoms with Gasteiger partial charge in [0.25, 0.3) is 0 Å². The molecule has 0 amide bonds. The highest BCUT2D eigenvalue weighted by Crippen LogP contribution is 1.85. The molecule has 0 fully saturated rings. The lowest BCUT2D eigenvalue weighted by Crippen LogP contribution is -2.03. The lowest BCUT2D eigenvalue weighted by Gasteiger charge is -1.96. The van der Waals surface area contributed by atoms with Gasteiger partial charge in [0.2, 0.25) is 0 Å². The van der Waals surface area contributed by atoms with Crippen LogP contribution < -0.4 is 0 Å². The summed E-state index contributed by atoms with van der Waals surface area (Å²) >= 11 is 3.11. The second kappa shape index (κ2) is 5.09. The molecule has 0 heterocycles. The van der Waals surface area contributed by atoms with Crippen molar-refractivity contribution in [3.63, 3.8) is 0 Å². The van der Waals surface area contributed by atoms with Crippen molar-refractivity contribution in [1.82, 2.24) is 0 Å². The van der Waals surface area contributed by atoms with Crippen LogP contribution in [0.15, 0.2) is 0 Å². The molecule has 0 atom stereocenters. The third-order valence-electron chi connectivity index (χ3n) is 0.544. The van der Waals surface area contributed by atoms with Crippen LogP contribution >= 0.6 is 15.9 Å². The summed E-state index contributed by atoms with van der Waals surface area (Å²) in [6, 6.07) is 0. The van der Waals surface area contributed by atoms with Crippen LogP contribution in [0.25, 0.3) is 0 Å². The first-order chi connectivity index (χ1) is 3.81. The molecule has 0 bridgehead atoms. The molecule has 8 heavy (non-hydrogen) atoms. The molecule has 2 nitrogen and oxygen atoms in total. The van der Waals surface area contributed by atoms with Crippen LogP contribution in [0.5, 0.6) is 0 Å². The summed E-state index contributed by atoms with van der Waals surface area (Å²) in [6.45, 7) is 3.79. The monoisotopic (exact) mass is 179 g/mol. The third kappa shape index (κ3) is 4.12. The van der Waals surface area contributed by atoms with Gasteiger partial charge in [-0.3, -0.25) is 4.79 Å². The van der Waals surface area contributed by atoms with Gasteiger partial charge in [-0.2, -0.15) is 0 Å². The lowest BCUT2D eigenvalue weighted by molar-refractivity contribution is -0.141. The molecule has 0 aliphatic heterocycles. The fourth-order valence-electron chi connectivity index (χ4n) is 0.225. The normalized spacial score (nSPS) is 8.75. The Morgan fingerprint density at radius 1 is 1.75 bits per heavy atom. The zero-order valence-electron chi connectivity index (χ0n) is 4.52. The van der Waals surface area contributed by atoms with Gasteiger partial charge in [-0.05, 0) is 6.92 Å². The van der Waals surface area contributed by atoms with Gasteiger partial charge in [0.15, 0.2) is 0 Å². The van der Waals surface area contributed by atoms with E-state index in [1.54, 1.807) is 0 Å². The molecule has 0 saturated carbocycles. The Morgan fingerprint density at radius 3 is 2.75 bits per heavy atom. The number of halogens is 1. The van der Waals surface area contributed by atoms with Crippen molar-refractivity contribution >= 4 is 21.9 Å². The van der Waals surface area contributed by atoms with Crippen molar-refractivity contribution in [3.8, 4) is 0 Å². The molecule has 0 rings (SSSR count). The first-order valence-electron chi connectivity index (χ1n) is 2.32. The minimum absolute atomic E-state index is 0.215. The van der Waals surface area contributed by atoms with E-state index in [1.165, 1.54) is 0 Å². The summed E-state index contributed by atoms with van der Waals surface area (Å²) in [4.78, 5) is 10.3. The van der Waals surface area contributed by atoms with Gasteiger partial charge in [0.05, 0.1) is 0 Å². The molecular weight excluding hydrogens is 172 g/mol. The van der Waals surface area contributed by atoms with Crippen molar-refractivity contribution in [2.24, 2.45) is 0 Å². The molecule has 0 aliphatic rings. The second-order valence-electron chi connectivity index (χ2n) is 1.16. The van der Waals surface area contributed by atoms with Crippen LogP contribution in [0.1, 0.15) is 6.42 Å². The van der Waals surface area contributed by atoms with Crippen molar-refractivity contribution in [3.05, 3.63) is 6.92 Å². The van der Waals surface area contributed by atoms with Crippen molar-refractivity contribution in [2.45, 2.75) is 6.42 Å². The smallest absolute Gasteiger partial charge is 0.305 e. The average molecular weight is 180 g/mol. The minimum Gasteiger partial charge on any atom is -0.465 e. The number of rotatable bonds is 3. The van der Waals surface area contributed by atoms with E-state index in [0.29, 0.717) is 11.9 Å². The van der Waals surface area contributed by atoms with Crippen molar-refractivity contribution in [2.75, 3.05) is 11.9 Å². The number of ether oxygens (including phenoxy) is 1. The molecule has 3 heteroatoms. The summed E-state index contributed by atoms with van der Waals surface area (Å²) in [5, 5.41) is 0.693. The summed E-state index contributed by atoms with van der Waals surface area (Å²) in [5.74, 6) is -0.246. The molecule has 0 aromatic carbocycles. The van der Waals surface area contributed by atoms with E-state index in [1.807, 2.05) is 0 Å². The van der Waals surface area contributed by atoms with Crippen molar-refractivity contribution in [1.29, 1.82) is 0 Å². The molecular formula is C5H8BrO2. The van der Waals surface area contributed by atoms with E-state index < -0.39 is 0 Å². The molecule has 0 saturated heterocycles. The van der Waals surface area contributed by atoms with Gasteiger partial charge in [-0.25, -0.2) is 0 Å². The molecule has 0 aliphatic carbocycles.